The minimum atomic E-state index is -5.10. The smallest absolute Gasteiger partial charge is 0.419 e. The van der Waals surface area contributed by atoms with E-state index in [0.717, 1.165) is 22.3 Å². The van der Waals surface area contributed by atoms with Gasteiger partial charge < -0.3 is 24.2 Å². The number of ether oxygens (including phenoxy) is 2. The van der Waals surface area contributed by atoms with Crippen molar-refractivity contribution in [3.05, 3.63) is 214 Å². The fourth-order valence-corrected chi connectivity index (χ4v) is 13.1. The van der Waals surface area contributed by atoms with Crippen LogP contribution in [-0.4, -0.2) is 131 Å². The highest BCUT2D eigenvalue weighted by Crippen LogP contribution is 2.42. The second-order valence-electron chi connectivity index (χ2n) is 26.8. The third kappa shape index (κ3) is 15.7. The molecule has 14 nitrogen and oxygen atoms in total. The van der Waals surface area contributed by atoms with E-state index in [1.807, 2.05) is 48.7 Å². The molecule has 8 aromatic rings. The molecule has 0 spiro atoms. The number of allylic oxidation sites excluding steroid dienone is 1. The van der Waals surface area contributed by atoms with Crippen molar-refractivity contribution in [2.24, 2.45) is 0 Å². The van der Waals surface area contributed by atoms with E-state index in [1.165, 1.54) is 18.9 Å². The van der Waals surface area contributed by atoms with E-state index in [2.05, 4.69) is 19.8 Å². The third-order valence-corrected chi connectivity index (χ3v) is 17.6. The van der Waals surface area contributed by atoms with Crippen molar-refractivity contribution in [3.63, 3.8) is 0 Å². The fraction of sp³-hybridized carbons (Fsp3) is 0.361. The molecule has 12 rings (SSSR count). The van der Waals surface area contributed by atoms with E-state index < -0.39 is 105 Å². The Kier molecular flexibility index (Phi) is 19.1. The van der Waals surface area contributed by atoms with E-state index in [4.69, 9.17) is 9.47 Å². The quantitative estimate of drug-likeness (QED) is 0.135. The Bertz CT molecular complexity index is 4220. The Balaban J connectivity index is 0.000000198. The van der Waals surface area contributed by atoms with E-state index in [1.54, 1.807) is 115 Å². The summed E-state index contributed by atoms with van der Waals surface area (Å²) >= 11 is 0. The summed E-state index contributed by atoms with van der Waals surface area (Å²) < 4.78 is 179. The van der Waals surface area contributed by atoms with Gasteiger partial charge in [-0.25, -0.2) is 9.59 Å². The van der Waals surface area contributed by atoms with Gasteiger partial charge in [0.15, 0.2) is 0 Å². The summed E-state index contributed by atoms with van der Waals surface area (Å²) in [7, 11) is 0. The largest absolute Gasteiger partial charge is 0.443 e. The monoisotopic (exact) mass is 1370 g/mol. The Morgan fingerprint density at radius 3 is 1.31 bits per heavy atom. The number of rotatable bonds is 8. The molecular weight excluding hydrogens is 1300 g/mol. The molecule has 0 N–H and O–H groups in total. The second-order valence-corrected chi connectivity index (χ2v) is 26.8. The van der Waals surface area contributed by atoms with Gasteiger partial charge in [0.25, 0.3) is 11.8 Å². The molecule has 2 fully saturated rings. The molecule has 0 bridgehead atoms. The summed E-state index contributed by atoms with van der Waals surface area (Å²) in [5, 5.41) is 1.41. The molecule has 4 aromatic carbocycles. The zero-order chi connectivity index (χ0) is 70.6. The standard InChI is InChI=1S/2C36H34F6N4O3/c2*1-34(2,3)49-33(48)46-19-25(30-6-4-5-7-31(30)46)16-29-20-44-18-23(22-10-12-43-13-11-22)8-9-28(44)21-45(29)32(47)24-14-26(35(37,38)39)17-27(15-24)36(40,41)42/h4-7,10-15,17-19,28-29H,8-9,16,20-21H2,1-3H3;4-8,10-15,17,19,28-29H,9,16,18,20-21H2,1-3H3/t2*28-,29-/m11/s1. The maximum absolute atomic E-state index is 14.1. The molecule has 4 atom stereocenters. The summed E-state index contributed by atoms with van der Waals surface area (Å²) in [5.41, 5.74) is -2.64. The highest BCUT2D eigenvalue weighted by molar-refractivity contribution is 5.97. The van der Waals surface area contributed by atoms with Gasteiger partial charge in [0.1, 0.15) is 11.2 Å². The number of nitrogens with zero attached hydrogens (tertiary/aromatic N) is 8. The number of pyridine rings is 2. The van der Waals surface area contributed by atoms with Crippen LogP contribution in [0.15, 0.2) is 159 Å². The second kappa shape index (κ2) is 26.8. The van der Waals surface area contributed by atoms with Crippen molar-refractivity contribution >= 4 is 57.0 Å². The minimum absolute atomic E-state index is 0.0181. The first-order chi connectivity index (χ1) is 46.0. The molecule has 4 aliphatic heterocycles. The van der Waals surface area contributed by atoms with Crippen LogP contribution in [0.5, 0.6) is 0 Å². The molecule has 26 heteroatoms. The number of aromatic nitrogens is 4. The van der Waals surface area contributed by atoms with E-state index in [-0.39, 0.29) is 63.2 Å². The molecule has 2 amide bonds. The van der Waals surface area contributed by atoms with Crippen molar-refractivity contribution < 1.29 is 81.3 Å². The molecule has 0 radical (unpaired) electrons. The van der Waals surface area contributed by atoms with Crippen molar-refractivity contribution in [2.45, 2.75) is 134 Å². The first-order valence-corrected chi connectivity index (χ1v) is 31.5. The van der Waals surface area contributed by atoms with Crippen LogP contribution in [0.3, 0.4) is 0 Å². The predicted octanol–water partition coefficient (Wildman–Crippen LogP) is 16.5. The molecule has 98 heavy (non-hydrogen) atoms. The summed E-state index contributed by atoms with van der Waals surface area (Å²) in [6.45, 7) is 11.7. The maximum atomic E-state index is 14.1. The maximum Gasteiger partial charge on any atom is 0.419 e. The SMILES string of the molecule is CC(C)(C)OC(=O)n1cc(C[C@@H]2CN3C=C(c4ccncc4)CC[C@@H]3CN2C(=O)c2cc(C(F)(F)F)cc(C(F)(F)F)c2)c2ccccc21.CC(C)(C)OC(=O)n1cc(C[C@@H]2CN3CC(c4ccncc4)=CC[C@@H]3CN2C(=O)c2cc(C(F)(F)F)cc(C(F)(F)F)c2)c2ccccc21. The Hall–Kier alpha value is -9.46. The van der Waals surface area contributed by atoms with Gasteiger partial charge in [0.2, 0.25) is 0 Å². The van der Waals surface area contributed by atoms with Crippen LogP contribution in [0.2, 0.25) is 0 Å². The number of hydrogen-bond donors (Lipinski definition) is 0. The van der Waals surface area contributed by atoms with Crippen molar-refractivity contribution in [2.75, 3.05) is 32.7 Å². The van der Waals surface area contributed by atoms with Crippen LogP contribution in [0.4, 0.5) is 62.3 Å². The number of piperazine rings is 2. The highest BCUT2D eigenvalue weighted by Gasteiger charge is 2.45. The van der Waals surface area contributed by atoms with E-state index >= 15 is 0 Å². The number of para-hydroxylation sites is 2. The normalized spacial score (nSPS) is 18.9. The summed E-state index contributed by atoms with van der Waals surface area (Å²) in [6.07, 6.45) is -5.48. The molecule has 0 saturated carbocycles. The van der Waals surface area contributed by atoms with Gasteiger partial charge in [0, 0.05) is 116 Å². The molecule has 0 aliphatic carbocycles. The molecule has 516 valence electrons. The van der Waals surface area contributed by atoms with Crippen LogP contribution in [-0.2, 0) is 47.0 Å². The molecular formula is C72H68F12N8O6. The zero-order valence-corrected chi connectivity index (χ0v) is 54.0. The van der Waals surface area contributed by atoms with E-state index in [9.17, 15) is 71.9 Å². The average Bonchev–Trinajstić information content (AvgIpc) is 1.11. The number of fused-ring (bicyclic) bond motifs is 4. The average molecular weight is 1370 g/mol. The highest BCUT2D eigenvalue weighted by atomic mass is 19.4. The van der Waals surface area contributed by atoms with Crippen molar-refractivity contribution in [3.8, 4) is 0 Å². The lowest BCUT2D eigenvalue weighted by Crippen LogP contribution is -2.61. The van der Waals surface area contributed by atoms with E-state index in [0.29, 0.717) is 83.0 Å². The lowest BCUT2D eigenvalue weighted by Gasteiger charge is -2.48. The van der Waals surface area contributed by atoms with Gasteiger partial charge in [-0.2, -0.15) is 52.7 Å². The molecule has 8 heterocycles. The molecule has 0 unspecified atom stereocenters. The molecule has 4 aromatic heterocycles. The fourth-order valence-electron chi connectivity index (χ4n) is 13.1. The lowest BCUT2D eigenvalue weighted by atomic mass is 9.90. The first kappa shape index (κ1) is 69.9. The van der Waals surface area contributed by atoms with Gasteiger partial charge in [-0.05, 0) is 180 Å². The van der Waals surface area contributed by atoms with Gasteiger partial charge in [-0.3, -0.25) is 33.6 Å². The Morgan fingerprint density at radius 1 is 0.490 bits per heavy atom. The lowest BCUT2D eigenvalue weighted by molar-refractivity contribution is -0.144. The Labute approximate surface area is 555 Å². The van der Waals surface area contributed by atoms with Crippen molar-refractivity contribution in [1.82, 2.24) is 38.7 Å². The topological polar surface area (TPSA) is 135 Å². The minimum Gasteiger partial charge on any atom is -0.443 e. The summed E-state index contributed by atoms with van der Waals surface area (Å²) in [6, 6.07) is 22.0. The van der Waals surface area contributed by atoms with Crippen LogP contribution in [0.25, 0.3) is 33.0 Å². The van der Waals surface area contributed by atoms with Crippen molar-refractivity contribution in [1.29, 1.82) is 0 Å². The van der Waals surface area contributed by atoms with Crippen LogP contribution in [0, 0.1) is 0 Å². The van der Waals surface area contributed by atoms with Crippen LogP contribution < -0.4 is 0 Å². The number of alkyl halides is 12. The number of amides is 2. The third-order valence-electron chi connectivity index (χ3n) is 17.6. The van der Waals surface area contributed by atoms with Gasteiger partial charge in [-0.1, -0.05) is 42.5 Å². The van der Waals surface area contributed by atoms with Crippen LogP contribution >= 0.6 is 0 Å². The molecule has 2 saturated heterocycles. The Morgan fingerprint density at radius 2 is 0.888 bits per heavy atom. The molecule has 4 aliphatic rings. The zero-order valence-electron chi connectivity index (χ0n) is 54.0. The van der Waals surface area contributed by atoms with Gasteiger partial charge >= 0.3 is 36.9 Å². The predicted molar refractivity (Wildman–Crippen MR) is 341 cm³/mol. The number of hydrogen-bond acceptors (Lipinski definition) is 10. The first-order valence-electron chi connectivity index (χ1n) is 31.5. The van der Waals surface area contributed by atoms with Crippen LogP contribution in [0.1, 0.15) is 126 Å². The summed E-state index contributed by atoms with van der Waals surface area (Å²) in [5.74, 6) is -1.86. The summed E-state index contributed by atoms with van der Waals surface area (Å²) in [4.78, 5) is 69.9. The number of carbonyl (C=O) groups is 4. The number of benzene rings is 4. The number of carbonyl (C=O) groups excluding carboxylic acids is 4. The van der Waals surface area contributed by atoms with Gasteiger partial charge in [-0.15, -0.1) is 0 Å². The van der Waals surface area contributed by atoms with Gasteiger partial charge in [0.05, 0.1) is 39.3 Å². The number of halogens is 12.